The Morgan fingerprint density at radius 1 is 0.865 bits per heavy atom. The Balaban J connectivity index is -0.000000127. The molecule has 2 heterocycles. The molecule has 0 aromatic carbocycles. The summed E-state index contributed by atoms with van der Waals surface area (Å²) >= 11 is 15.6. The number of nitrogens with one attached hydrogen (secondary N) is 1. The van der Waals surface area contributed by atoms with Crippen LogP contribution in [0.1, 0.15) is 39.3 Å². The van der Waals surface area contributed by atoms with E-state index >= 15 is 0 Å². The standard InChI is InChI=1S/C8H9ClF2N2.C6H7ClN2.C6H15N.C2H3ClF2.CH4.BrH.K/c9-7-2-1-6(4-13-7)3-12-5-8(10)11;7-6-2-1-5(3-8)4-9-6;1-4-7(5-2)6-3;3-1-2(4)5;;;/h1-2,4,8,12H,3,5H2;1-2,4H,3,8H2;4-6H2,1-3H3;2H,1H2;1H4;1H;/q;;;;;;+1/p-1. The predicted octanol–water partition coefficient (Wildman–Crippen LogP) is 0.766. The van der Waals surface area contributed by atoms with Gasteiger partial charge in [-0.1, -0.05) is 63.5 Å². The molecule has 0 saturated heterocycles. The second kappa shape index (κ2) is 33.1. The zero-order chi connectivity index (χ0) is 26.4. The minimum atomic E-state index is -2.35. The van der Waals surface area contributed by atoms with Crippen LogP contribution < -0.4 is 79.4 Å². The summed E-state index contributed by atoms with van der Waals surface area (Å²) in [5.74, 6) is -0.556. The molecule has 0 amide bonds. The van der Waals surface area contributed by atoms with Gasteiger partial charge in [0.05, 0.1) is 12.4 Å². The van der Waals surface area contributed by atoms with Gasteiger partial charge in [-0.2, -0.15) is 0 Å². The Hall–Kier alpha value is 0.886. The third kappa shape index (κ3) is 33.0. The minimum absolute atomic E-state index is 0. The van der Waals surface area contributed by atoms with Crippen LogP contribution in [0.4, 0.5) is 17.6 Å². The van der Waals surface area contributed by atoms with Gasteiger partial charge in [-0.15, -0.1) is 11.6 Å². The van der Waals surface area contributed by atoms with Crippen molar-refractivity contribution in [1.82, 2.24) is 20.2 Å². The van der Waals surface area contributed by atoms with Gasteiger partial charge in [0.25, 0.3) is 12.9 Å². The molecule has 0 spiro atoms. The summed E-state index contributed by atoms with van der Waals surface area (Å²) in [6.07, 6.45) is -1.44. The summed E-state index contributed by atoms with van der Waals surface area (Å²) in [4.78, 5) is 10.0. The Morgan fingerprint density at radius 3 is 1.51 bits per heavy atom. The Kier molecular flexibility index (Phi) is 42.6. The maximum atomic E-state index is 11.7. The van der Waals surface area contributed by atoms with Crippen molar-refractivity contribution in [2.24, 2.45) is 5.73 Å². The second-order valence-corrected chi connectivity index (χ2v) is 7.45. The minimum Gasteiger partial charge on any atom is -1.00 e. The Bertz CT molecular complexity index is 700. The van der Waals surface area contributed by atoms with Gasteiger partial charge in [0, 0.05) is 25.5 Å². The second-order valence-electron chi connectivity index (χ2n) is 6.37. The topological polar surface area (TPSA) is 67.1 Å². The summed E-state index contributed by atoms with van der Waals surface area (Å²) in [5, 5.41) is 3.49. The van der Waals surface area contributed by atoms with E-state index in [-0.39, 0.29) is 82.3 Å². The van der Waals surface area contributed by atoms with Crippen LogP contribution in [0, 0.1) is 0 Å². The maximum absolute atomic E-state index is 11.7. The smallest absolute Gasteiger partial charge is 1.00 e. The normalized spacial score (nSPS) is 9.35. The van der Waals surface area contributed by atoms with Crippen molar-refractivity contribution in [1.29, 1.82) is 0 Å². The molecule has 0 atom stereocenters. The van der Waals surface area contributed by atoms with Crippen molar-refractivity contribution in [3.8, 4) is 0 Å². The van der Waals surface area contributed by atoms with E-state index in [1.807, 2.05) is 6.07 Å². The third-order valence-corrected chi connectivity index (χ3v) is 4.58. The molecule has 5 nitrogen and oxygen atoms in total. The fourth-order valence-corrected chi connectivity index (χ4v) is 2.26. The molecule has 2 aromatic heterocycles. The maximum Gasteiger partial charge on any atom is 1.00 e. The molecule has 0 aliphatic rings. The molecule has 0 aliphatic carbocycles. The van der Waals surface area contributed by atoms with E-state index in [4.69, 9.17) is 28.9 Å². The van der Waals surface area contributed by atoms with Crippen LogP contribution in [0.15, 0.2) is 36.7 Å². The largest absolute Gasteiger partial charge is 1.00 e. The molecule has 2 rings (SSSR count). The molecule has 212 valence electrons. The molecule has 0 radical (unpaired) electrons. The Morgan fingerprint density at radius 2 is 1.27 bits per heavy atom. The first-order valence-electron chi connectivity index (χ1n) is 10.6. The third-order valence-electron chi connectivity index (χ3n) is 3.90. The predicted molar refractivity (Wildman–Crippen MR) is 141 cm³/mol. The van der Waals surface area contributed by atoms with Crippen LogP contribution in [0.5, 0.6) is 0 Å². The molecule has 0 fully saturated rings. The molecule has 0 aliphatic heterocycles. The van der Waals surface area contributed by atoms with Crippen molar-refractivity contribution >= 4 is 34.8 Å². The van der Waals surface area contributed by atoms with Crippen LogP contribution in [-0.2, 0) is 13.1 Å². The van der Waals surface area contributed by atoms with E-state index in [0.29, 0.717) is 23.4 Å². The van der Waals surface area contributed by atoms with Gasteiger partial charge >= 0.3 is 51.4 Å². The van der Waals surface area contributed by atoms with Crippen LogP contribution in [-0.4, -0.2) is 59.8 Å². The van der Waals surface area contributed by atoms with E-state index in [9.17, 15) is 17.6 Å². The fourth-order valence-electron chi connectivity index (χ4n) is 2.03. The van der Waals surface area contributed by atoms with Crippen LogP contribution in [0.25, 0.3) is 0 Å². The average Bonchev–Trinajstić information content (AvgIpc) is 2.83. The van der Waals surface area contributed by atoms with Gasteiger partial charge in [0.15, 0.2) is 0 Å². The number of pyridine rings is 2. The van der Waals surface area contributed by atoms with E-state index in [1.54, 1.807) is 30.6 Å². The summed E-state index contributed by atoms with van der Waals surface area (Å²) in [6.45, 7) is 10.7. The molecule has 0 bridgehead atoms. The molecule has 37 heavy (non-hydrogen) atoms. The first-order valence-corrected chi connectivity index (χ1v) is 11.9. The molecular formula is C23H38BrCl3F4KN5. The first kappa shape index (κ1) is 47.7. The van der Waals surface area contributed by atoms with Crippen LogP contribution >= 0.6 is 34.8 Å². The van der Waals surface area contributed by atoms with E-state index < -0.39 is 18.7 Å². The number of hydrogen-bond acceptors (Lipinski definition) is 5. The molecule has 0 saturated carbocycles. The summed E-state index contributed by atoms with van der Waals surface area (Å²) in [6, 6.07) is 6.95. The van der Waals surface area contributed by atoms with Crippen molar-refractivity contribution in [3.63, 3.8) is 0 Å². The molecule has 14 heteroatoms. The fraction of sp³-hybridized carbons (Fsp3) is 0.565. The SMILES string of the molecule is C.CCN(CC)CC.FC(F)CCl.FC(F)CNCc1ccc(Cl)nc1.NCc1ccc(Cl)nc1.[Br-].[K+]. The number of nitrogens with zero attached hydrogens (tertiary/aromatic N) is 3. The van der Waals surface area contributed by atoms with Crippen molar-refractivity contribution < 1.29 is 85.9 Å². The number of alkyl halides is 5. The number of halogens is 8. The molecule has 3 N–H and O–H groups in total. The number of rotatable bonds is 9. The van der Waals surface area contributed by atoms with Gasteiger partial charge < -0.3 is 32.9 Å². The summed E-state index contributed by atoms with van der Waals surface area (Å²) in [5.41, 5.74) is 7.15. The van der Waals surface area contributed by atoms with E-state index in [2.05, 4.69) is 52.6 Å². The van der Waals surface area contributed by atoms with Crippen LogP contribution in [0.2, 0.25) is 10.3 Å². The van der Waals surface area contributed by atoms with Crippen molar-refractivity contribution in [2.75, 3.05) is 32.1 Å². The van der Waals surface area contributed by atoms with Crippen molar-refractivity contribution in [2.45, 2.75) is 54.1 Å². The average molecular weight is 686 g/mol. The Labute approximate surface area is 287 Å². The van der Waals surface area contributed by atoms with Gasteiger partial charge in [-0.3, -0.25) is 0 Å². The van der Waals surface area contributed by atoms with E-state index in [0.717, 1.165) is 11.1 Å². The quantitative estimate of drug-likeness (QED) is 0.177. The molecular weight excluding hydrogens is 648 g/mol. The number of nitrogens with two attached hydrogens (primary N) is 1. The first-order chi connectivity index (χ1) is 16.1. The summed E-state index contributed by atoms with van der Waals surface area (Å²) < 4.78 is 44.7. The zero-order valence-corrected chi connectivity index (χ0v) is 28.0. The van der Waals surface area contributed by atoms with Gasteiger partial charge in [-0.05, 0) is 42.9 Å². The summed E-state index contributed by atoms with van der Waals surface area (Å²) in [7, 11) is 0. The molecule has 0 unspecified atom stereocenters. The zero-order valence-electron chi connectivity index (χ0n) is 21.0. The van der Waals surface area contributed by atoms with E-state index in [1.165, 1.54) is 19.6 Å². The molecule has 2 aromatic rings. The monoisotopic (exact) mass is 683 g/mol. The number of aromatic nitrogens is 2. The van der Waals surface area contributed by atoms with Gasteiger partial charge in [0.2, 0.25) is 0 Å². The van der Waals surface area contributed by atoms with Crippen LogP contribution in [0.3, 0.4) is 0 Å². The number of hydrogen-bond donors (Lipinski definition) is 2. The van der Waals surface area contributed by atoms with Gasteiger partial charge in [0.1, 0.15) is 10.3 Å². The van der Waals surface area contributed by atoms with Gasteiger partial charge in [-0.25, -0.2) is 27.5 Å². The van der Waals surface area contributed by atoms with Crippen molar-refractivity contribution in [3.05, 3.63) is 58.1 Å².